The minimum absolute atomic E-state index is 0.639. The van der Waals surface area contributed by atoms with Gasteiger partial charge in [0.1, 0.15) is 11.3 Å². The van der Waals surface area contributed by atoms with E-state index < -0.39 is 0 Å². The SMILES string of the molecule is Clc1ccc(Oc2c3cnc4c(c3nn2-c2ccc(Cl)cc2)CCCC4)cc1. The topological polar surface area (TPSA) is 39.9 Å². The van der Waals surface area contributed by atoms with Crippen molar-refractivity contribution in [1.29, 1.82) is 0 Å². The van der Waals surface area contributed by atoms with Gasteiger partial charge in [0.2, 0.25) is 5.88 Å². The Bertz CT molecular complexity index is 1150. The Morgan fingerprint density at radius 2 is 1.54 bits per heavy atom. The summed E-state index contributed by atoms with van der Waals surface area (Å²) in [5.74, 6) is 1.33. The average molecular weight is 410 g/mol. The molecular weight excluding hydrogens is 393 g/mol. The summed E-state index contributed by atoms with van der Waals surface area (Å²) in [6.45, 7) is 0. The molecule has 0 aliphatic heterocycles. The number of ether oxygens (including phenoxy) is 1. The number of aromatic nitrogens is 3. The van der Waals surface area contributed by atoms with Gasteiger partial charge in [0.15, 0.2) is 0 Å². The van der Waals surface area contributed by atoms with Crippen molar-refractivity contribution in [2.24, 2.45) is 0 Å². The zero-order valence-electron chi connectivity index (χ0n) is 15.0. The lowest BCUT2D eigenvalue weighted by Crippen LogP contribution is -2.05. The summed E-state index contributed by atoms with van der Waals surface area (Å²) < 4.78 is 8.09. The predicted octanol–water partition coefficient (Wildman–Crippen LogP) is 6.40. The summed E-state index contributed by atoms with van der Waals surface area (Å²) in [7, 11) is 0. The molecule has 4 nitrogen and oxygen atoms in total. The second-order valence-electron chi connectivity index (χ2n) is 6.90. The molecule has 28 heavy (non-hydrogen) atoms. The molecule has 0 saturated carbocycles. The molecule has 2 aromatic carbocycles. The lowest BCUT2D eigenvalue weighted by Gasteiger charge is -2.14. The van der Waals surface area contributed by atoms with E-state index in [0.29, 0.717) is 21.7 Å². The fourth-order valence-electron chi connectivity index (χ4n) is 3.65. The van der Waals surface area contributed by atoms with Crippen molar-refractivity contribution in [2.45, 2.75) is 25.7 Å². The van der Waals surface area contributed by atoms with Crippen molar-refractivity contribution < 1.29 is 4.74 Å². The van der Waals surface area contributed by atoms with E-state index in [0.717, 1.165) is 41.5 Å². The van der Waals surface area contributed by atoms with E-state index in [9.17, 15) is 0 Å². The molecule has 0 spiro atoms. The number of hydrogen-bond acceptors (Lipinski definition) is 3. The molecule has 0 unspecified atom stereocenters. The first-order chi connectivity index (χ1) is 13.7. The van der Waals surface area contributed by atoms with Crippen molar-refractivity contribution in [2.75, 3.05) is 0 Å². The predicted molar refractivity (Wildman–Crippen MR) is 112 cm³/mol. The van der Waals surface area contributed by atoms with Crippen LogP contribution in [0.2, 0.25) is 10.0 Å². The van der Waals surface area contributed by atoms with E-state index in [1.807, 2.05) is 59.4 Å². The zero-order chi connectivity index (χ0) is 19.1. The van der Waals surface area contributed by atoms with Crippen molar-refractivity contribution >= 4 is 34.1 Å². The number of nitrogens with zero attached hydrogens (tertiary/aromatic N) is 3. The Balaban J connectivity index is 1.71. The van der Waals surface area contributed by atoms with Crippen LogP contribution in [-0.4, -0.2) is 14.8 Å². The fourth-order valence-corrected chi connectivity index (χ4v) is 3.91. The number of aryl methyl sites for hydroxylation is 2. The van der Waals surface area contributed by atoms with E-state index >= 15 is 0 Å². The highest BCUT2D eigenvalue weighted by Crippen LogP contribution is 2.36. The molecule has 1 aliphatic rings. The highest BCUT2D eigenvalue weighted by atomic mass is 35.5. The van der Waals surface area contributed by atoms with Crippen LogP contribution in [0.15, 0.2) is 54.7 Å². The van der Waals surface area contributed by atoms with Crippen LogP contribution in [0, 0.1) is 0 Å². The first-order valence-electron chi connectivity index (χ1n) is 9.28. The van der Waals surface area contributed by atoms with Crippen LogP contribution in [0.25, 0.3) is 16.6 Å². The monoisotopic (exact) mass is 409 g/mol. The van der Waals surface area contributed by atoms with Gasteiger partial charge < -0.3 is 4.74 Å². The van der Waals surface area contributed by atoms with Crippen LogP contribution in [0.5, 0.6) is 11.6 Å². The number of hydrogen-bond donors (Lipinski definition) is 0. The summed E-state index contributed by atoms with van der Waals surface area (Å²) in [5.41, 5.74) is 4.23. The fraction of sp³-hybridized carbons (Fsp3) is 0.182. The van der Waals surface area contributed by atoms with E-state index in [2.05, 4.69) is 0 Å². The summed E-state index contributed by atoms with van der Waals surface area (Å²) in [6.07, 6.45) is 6.22. The van der Waals surface area contributed by atoms with Gasteiger partial charge >= 0.3 is 0 Å². The number of benzene rings is 2. The molecule has 1 aliphatic carbocycles. The highest BCUT2D eigenvalue weighted by Gasteiger charge is 2.22. The maximum Gasteiger partial charge on any atom is 0.232 e. The summed E-state index contributed by atoms with van der Waals surface area (Å²) in [5, 5.41) is 7.18. The van der Waals surface area contributed by atoms with E-state index in [4.69, 9.17) is 38.0 Å². The minimum Gasteiger partial charge on any atom is -0.438 e. The van der Waals surface area contributed by atoms with E-state index in [1.54, 1.807) is 0 Å². The Kier molecular flexibility index (Phi) is 4.46. The van der Waals surface area contributed by atoms with Gasteiger partial charge in [0.05, 0.1) is 11.1 Å². The smallest absolute Gasteiger partial charge is 0.232 e. The molecule has 5 rings (SSSR count). The molecule has 2 heterocycles. The van der Waals surface area contributed by atoms with Crippen LogP contribution < -0.4 is 4.74 Å². The van der Waals surface area contributed by atoms with Gasteiger partial charge in [-0.15, -0.1) is 0 Å². The Morgan fingerprint density at radius 1 is 0.857 bits per heavy atom. The maximum atomic E-state index is 6.26. The lowest BCUT2D eigenvalue weighted by atomic mass is 9.95. The Labute approximate surface area is 172 Å². The third kappa shape index (κ3) is 3.13. The molecule has 6 heteroatoms. The minimum atomic E-state index is 0.639. The highest BCUT2D eigenvalue weighted by molar-refractivity contribution is 6.30. The van der Waals surface area contributed by atoms with E-state index in [-0.39, 0.29) is 0 Å². The average Bonchev–Trinajstić information content (AvgIpc) is 3.09. The van der Waals surface area contributed by atoms with Crippen LogP contribution in [0.3, 0.4) is 0 Å². The number of pyridine rings is 1. The molecular formula is C22H17Cl2N3O. The van der Waals surface area contributed by atoms with Crippen LogP contribution in [0.4, 0.5) is 0 Å². The van der Waals surface area contributed by atoms with Crippen molar-refractivity contribution in [3.8, 4) is 17.3 Å². The second-order valence-corrected chi connectivity index (χ2v) is 7.78. The van der Waals surface area contributed by atoms with Crippen molar-refractivity contribution in [1.82, 2.24) is 14.8 Å². The summed E-state index contributed by atoms with van der Waals surface area (Å²) in [4.78, 5) is 4.71. The molecule has 0 fully saturated rings. The van der Waals surface area contributed by atoms with Crippen molar-refractivity contribution in [3.05, 3.63) is 76.0 Å². The molecule has 0 bridgehead atoms. The molecule has 0 N–H and O–H groups in total. The molecule has 2 aromatic heterocycles. The molecule has 0 saturated heterocycles. The Morgan fingerprint density at radius 3 is 2.29 bits per heavy atom. The van der Waals surface area contributed by atoms with Gasteiger partial charge in [0, 0.05) is 27.5 Å². The normalized spacial score (nSPS) is 13.5. The lowest BCUT2D eigenvalue weighted by molar-refractivity contribution is 0.449. The van der Waals surface area contributed by atoms with Gasteiger partial charge in [0.25, 0.3) is 0 Å². The summed E-state index contributed by atoms with van der Waals surface area (Å²) in [6, 6.07) is 14.9. The molecule has 4 aromatic rings. The third-order valence-electron chi connectivity index (χ3n) is 5.05. The van der Waals surface area contributed by atoms with Gasteiger partial charge in [-0.05, 0) is 74.2 Å². The Hall–Kier alpha value is -2.56. The van der Waals surface area contributed by atoms with Gasteiger partial charge in [-0.2, -0.15) is 9.78 Å². The zero-order valence-corrected chi connectivity index (χ0v) is 16.5. The maximum absolute atomic E-state index is 6.26. The number of fused-ring (bicyclic) bond motifs is 3. The first kappa shape index (κ1) is 17.5. The van der Waals surface area contributed by atoms with Gasteiger partial charge in [-0.3, -0.25) is 4.98 Å². The van der Waals surface area contributed by atoms with Crippen LogP contribution in [-0.2, 0) is 12.8 Å². The van der Waals surface area contributed by atoms with Gasteiger partial charge in [-0.1, -0.05) is 23.2 Å². The van der Waals surface area contributed by atoms with Gasteiger partial charge in [-0.25, -0.2) is 0 Å². The van der Waals surface area contributed by atoms with Crippen molar-refractivity contribution in [3.63, 3.8) is 0 Å². The first-order valence-corrected chi connectivity index (χ1v) is 10.0. The molecule has 0 atom stereocenters. The second kappa shape index (κ2) is 7.12. The quantitative estimate of drug-likeness (QED) is 0.393. The van der Waals surface area contributed by atoms with Crippen LogP contribution in [0.1, 0.15) is 24.1 Å². The van der Waals surface area contributed by atoms with E-state index in [1.165, 1.54) is 12.0 Å². The summed E-state index contributed by atoms with van der Waals surface area (Å²) >= 11 is 12.1. The third-order valence-corrected chi connectivity index (χ3v) is 5.56. The standard InChI is InChI=1S/C22H17Cl2N3O/c23-14-5-9-16(10-6-14)27-22(28-17-11-7-15(24)8-12-17)19-13-25-20-4-2-1-3-18(20)21(19)26-27/h5-13H,1-4H2. The number of rotatable bonds is 3. The van der Waals surface area contributed by atoms with Crippen LogP contribution >= 0.6 is 23.2 Å². The largest absolute Gasteiger partial charge is 0.438 e. The molecule has 0 amide bonds. The number of halogens is 2. The molecule has 0 radical (unpaired) electrons. The molecule has 140 valence electrons.